The van der Waals surface area contributed by atoms with Gasteiger partial charge in [0.25, 0.3) is 0 Å². The fourth-order valence-electron chi connectivity index (χ4n) is 7.47. The third-order valence-electron chi connectivity index (χ3n) is 11.1. The first kappa shape index (κ1) is 47.2. The lowest BCUT2D eigenvalue weighted by molar-refractivity contribution is -0.145. The van der Waals surface area contributed by atoms with E-state index < -0.39 is 0 Å². The van der Waals surface area contributed by atoms with Crippen molar-refractivity contribution in [1.82, 2.24) is 4.90 Å². The first-order chi connectivity index (χ1) is 25.0. The molecule has 3 atom stereocenters. The predicted molar refractivity (Wildman–Crippen MR) is 217 cm³/mol. The van der Waals surface area contributed by atoms with Crippen molar-refractivity contribution < 1.29 is 19.1 Å². The Morgan fingerprint density at radius 1 is 0.627 bits per heavy atom. The van der Waals surface area contributed by atoms with E-state index in [-0.39, 0.29) is 11.9 Å². The number of carbonyl (C=O) groups excluding carboxylic acids is 2. The summed E-state index contributed by atoms with van der Waals surface area (Å²) < 4.78 is 11.0. The zero-order chi connectivity index (χ0) is 37.0. The minimum Gasteiger partial charge on any atom is -0.466 e. The van der Waals surface area contributed by atoms with E-state index >= 15 is 0 Å². The van der Waals surface area contributed by atoms with Crippen LogP contribution in [0, 0.1) is 17.8 Å². The molecular weight excluding hydrogens is 631 g/mol. The second-order valence-corrected chi connectivity index (χ2v) is 15.9. The summed E-state index contributed by atoms with van der Waals surface area (Å²) in [5.74, 6) is 1.89. The maximum atomic E-state index is 12.2. The lowest BCUT2D eigenvalue weighted by atomic mass is 9.91. The zero-order valence-electron chi connectivity index (χ0n) is 34.1. The summed E-state index contributed by atoms with van der Waals surface area (Å²) in [6.07, 6.45) is 36.6. The Balaban J connectivity index is 2.09. The van der Waals surface area contributed by atoms with Crippen molar-refractivity contribution >= 4 is 11.9 Å². The van der Waals surface area contributed by atoms with Gasteiger partial charge in [-0.1, -0.05) is 154 Å². The van der Waals surface area contributed by atoms with Crippen LogP contribution in [0.1, 0.15) is 207 Å². The number of hydrogen-bond donors (Lipinski definition) is 0. The summed E-state index contributed by atoms with van der Waals surface area (Å²) in [6.45, 7) is 15.3. The lowest BCUT2D eigenvalue weighted by Crippen LogP contribution is -2.22. The van der Waals surface area contributed by atoms with Crippen LogP contribution in [0.25, 0.3) is 0 Å². The van der Waals surface area contributed by atoms with Gasteiger partial charge in [-0.2, -0.15) is 0 Å². The van der Waals surface area contributed by atoms with Gasteiger partial charge in [0.2, 0.25) is 0 Å². The molecule has 0 N–H and O–H groups in total. The second kappa shape index (κ2) is 35.2. The number of nitrogens with zero attached hydrogens (tertiary/aromatic N) is 1. The van der Waals surface area contributed by atoms with Gasteiger partial charge in [0.05, 0.1) is 13.2 Å². The van der Waals surface area contributed by atoms with Crippen LogP contribution in [0.2, 0.25) is 0 Å². The van der Waals surface area contributed by atoms with Crippen LogP contribution in [0.3, 0.4) is 0 Å². The van der Waals surface area contributed by atoms with E-state index in [9.17, 15) is 9.59 Å². The molecule has 1 rings (SSSR count). The molecule has 0 aromatic rings. The first-order valence-corrected chi connectivity index (χ1v) is 22.1. The first-order valence-electron chi connectivity index (χ1n) is 22.1. The number of unbranched alkanes of at least 4 members (excludes halogenated alkanes) is 14. The minimum atomic E-state index is -0.0419. The van der Waals surface area contributed by atoms with Gasteiger partial charge < -0.3 is 14.4 Å². The normalized spacial score (nSPS) is 14.8. The second-order valence-electron chi connectivity index (χ2n) is 15.9. The maximum absolute atomic E-state index is 12.2. The number of rotatable bonds is 36. The van der Waals surface area contributed by atoms with E-state index in [1.165, 1.54) is 148 Å². The topological polar surface area (TPSA) is 55.8 Å². The molecular formula is C46H83NO4. The summed E-state index contributed by atoms with van der Waals surface area (Å²) in [7, 11) is 0. The van der Waals surface area contributed by atoms with Gasteiger partial charge in [-0.05, 0) is 101 Å². The zero-order valence-corrected chi connectivity index (χ0v) is 34.1. The molecule has 0 radical (unpaired) electrons. The molecule has 1 aliphatic rings. The van der Waals surface area contributed by atoms with Gasteiger partial charge in [-0.25, -0.2) is 0 Å². The quantitative estimate of drug-likeness (QED) is 0.0367. The van der Waals surface area contributed by atoms with Crippen molar-refractivity contribution in [1.29, 1.82) is 0 Å². The fraction of sp³-hybridized carbons (Fsp3) is 0.870. The molecule has 1 fully saturated rings. The number of esters is 2. The molecule has 51 heavy (non-hydrogen) atoms. The Bertz CT molecular complexity index is 899. The van der Waals surface area contributed by atoms with Crippen molar-refractivity contribution in [2.24, 2.45) is 17.8 Å². The molecule has 1 aliphatic heterocycles. The molecule has 0 amide bonds. The third kappa shape index (κ3) is 30.4. The Morgan fingerprint density at radius 3 is 1.65 bits per heavy atom. The highest BCUT2D eigenvalue weighted by Crippen LogP contribution is 2.24. The number of carbonyl (C=O) groups is 2. The van der Waals surface area contributed by atoms with Crippen LogP contribution >= 0.6 is 0 Å². The van der Waals surface area contributed by atoms with Crippen LogP contribution in [0.4, 0.5) is 0 Å². The lowest BCUT2D eigenvalue weighted by Gasteiger charge is -2.21. The van der Waals surface area contributed by atoms with E-state index in [1.54, 1.807) is 0 Å². The molecule has 0 aromatic heterocycles. The maximum Gasteiger partial charge on any atom is 0.305 e. The van der Waals surface area contributed by atoms with Crippen LogP contribution < -0.4 is 0 Å². The Hall–Kier alpha value is -1.80. The Labute approximate surface area is 316 Å². The molecule has 0 aromatic carbocycles. The number of hydrogen-bond acceptors (Lipinski definition) is 5. The Kier molecular flexibility index (Phi) is 32.6. The SMILES string of the molecule is C=C=C=CC(CCCC)CCOC(=O)CCCCCCCCCC(CCCCCCCCCC(=O)OCCC(C)CCCC)CCN1CCCC1. The molecule has 5 nitrogen and oxygen atoms in total. The monoisotopic (exact) mass is 714 g/mol. The molecule has 1 heterocycles. The highest BCUT2D eigenvalue weighted by atomic mass is 16.5. The average Bonchev–Trinajstić information content (AvgIpc) is 3.66. The summed E-state index contributed by atoms with van der Waals surface area (Å²) >= 11 is 0. The summed E-state index contributed by atoms with van der Waals surface area (Å²) in [6, 6.07) is 0. The molecule has 3 unspecified atom stereocenters. The third-order valence-corrected chi connectivity index (χ3v) is 11.1. The highest BCUT2D eigenvalue weighted by molar-refractivity contribution is 5.69. The highest BCUT2D eigenvalue weighted by Gasteiger charge is 2.15. The van der Waals surface area contributed by atoms with Crippen LogP contribution in [-0.2, 0) is 19.1 Å². The van der Waals surface area contributed by atoms with Gasteiger partial charge >= 0.3 is 11.9 Å². The largest absolute Gasteiger partial charge is 0.466 e. The number of allylic oxidation sites excluding steroid dienone is 1. The van der Waals surface area contributed by atoms with E-state index in [0.717, 1.165) is 50.9 Å². The summed E-state index contributed by atoms with van der Waals surface area (Å²) in [5, 5.41) is 0. The van der Waals surface area contributed by atoms with Crippen molar-refractivity contribution in [3.8, 4) is 0 Å². The molecule has 296 valence electrons. The number of ether oxygens (including phenoxy) is 2. The number of likely N-dealkylation sites (tertiary alicyclic amines) is 1. The predicted octanol–water partition coefficient (Wildman–Crippen LogP) is 13.1. The average molecular weight is 714 g/mol. The van der Waals surface area contributed by atoms with E-state index in [1.807, 2.05) is 6.08 Å². The molecule has 1 saturated heterocycles. The molecule has 0 aliphatic carbocycles. The molecule has 0 bridgehead atoms. The van der Waals surface area contributed by atoms with E-state index in [4.69, 9.17) is 9.47 Å². The van der Waals surface area contributed by atoms with Crippen molar-refractivity contribution in [2.75, 3.05) is 32.8 Å². The Morgan fingerprint density at radius 2 is 1.12 bits per heavy atom. The summed E-state index contributed by atoms with van der Waals surface area (Å²) in [4.78, 5) is 26.9. The van der Waals surface area contributed by atoms with Crippen molar-refractivity contribution in [3.63, 3.8) is 0 Å². The minimum absolute atomic E-state index is 0.000831. The van der Waals surface area contributed by atoms with Crippen LogP contribution in [0.15, 0.2) is 24.1 Å². The van der Waals surface area contributed by atoms with Crippen LogP contribution in [-0.4, -0.2) is 49.7 Å². The van der Waals surface area contributed by atoms with Gasteiger partial charge in [-0.15, -0.1) is 0 Å². The smallest absolute Gasteiger partial charge is 0.305 e. The van der Waals surface area contributed by atoms with E-state index in [0.29, 0.717) is 37.9 Å². The van der Waals surface area contributed by atoms with Gasteiger partial charge in [0.1, 0.15) is 0 Å². The van der Waals surface area contributed by atoms with Crippen molar-refractivity contribution in [2.45, 2.75) is 207 Å². The van der Waals surface area contributed by atoms with Gasteiger partial charge in [0.15, 0.2) is 0 Å². The molecule has 0 saturated carbocycles. The van der Waals surface area contributed by atoms with Gasteiger partial charge in [0, 0.05) is 12.8 Å². The molecule has 5 heteroatoms. The summed E-state index contributed by atoms with van der Waals surface area (Å²) in [5.41, 5.74) is 5.68. The fourth-order valence-corrected chi connectivity index (χ4v) is 7.47. The van der Waals surface area contributed by atoms with Crippen molar-refractivity contribution in [3.05, 3.63) is 24.1 Å². The van der Waals surface area contributed by atoms with Gasteiger partial charge in [-0.3, -0.25) is 9.59 Å². The standard InChI is InChI=1S/C46H83NO4/c1-5-8-27-42(4)35-40-50-45(48)32-23-19-15-11-13-17-21-30-43(34-39-47-37-25-26-38-47)31-22-18-14-12-16-20-24-33-46(49)51-41-36-44(28-9-6-2)29-10-7-3/h28,42-44H,2,5,7-8,10-27,29-41H2,1,3-4H3. The van der Waals surface area contributed by atoms with Crippen LogP contribution in [0.5, 0.6) is 0 Å². The molecule has 0 spiro atoms. The van der Waals surface area contributed by atoms with E-state index in [2.05, 4.69) is 43.7 Å².